The lowest BCUT2D eigenvalue weighted by Gasteiger charge is -2.09. The van der Waals surface area contributed by atoms with E-state index in [-0.39, 0.29) is 18.6 Å². The van der Waals surface area contributed by atoms with Crippen LogP contribution in [0, 0.1) is 6.92 Å². The van der Waals surface area contributed by atoms with Crippen molar-refractivity contribution < 1.29 is 18.8 Å². The van der Waals surface area contributed by atoms with Crippen molar-refractivity contribution in [1.82, 2.24) is 10.5 Å². The van der Waals surface area contributed by atoms with Crippen molar-refractivity contribution >= 4 is 23.6 Å². The third-order valence-corrected chi connectivity index (χ3v) is 4.54. The number of hydrogen-bond donors (Lipinski definition) is 1. The number of hydrogen-bond acceptors (Lipinski definition) is 6. The van der Waals surface area contributed by atoms with Crippen LogP contribution in [0.1, 0.15) is 34.7 Å². The molecule has 1 N–H and O–H groups in total. The SMILES string of the molecule is Cc1cc(CSc2ccccc2C(=O)OCC(=O)NC2CC2)no1. The van der Waals surface area contributed by atoms with E-state index in [1.165, 1.54) is 11.8 Å². The van der Waals surface area contributed by atoms with Crippen LogP contribution in [0.15, 0.2) is 39.8 Å². The molecule has 0 spiro atoms. The average molecular weight is 346 g/mol. The van der Waals surface area contributed by atoms with E-state index < -0.39 is 5.97 Å². The second-order valence-electron chi connectivity index (χ2n) is 5.63. The molecule has 1 aliphatic carbocycles. The molecule has 0 unspecified atom stereocenters. The summed E-state index contributed by atoms with van der Waals surface area (Å²) in [7, 11) is 0. The molecule has 2 aromatic rings. The fraction of sp³-hybridized carbons (Fsp3) is 0.353. The van der Waals surface area contributed by atoms with Crippen molar-refractivity contribution in [1.29, 1.82) is 0 Å². The second-order valence-corrected chi connectivity index (χ2v) is 6.65. The summed E-state index contributed by atoms with van der Waals surface area (Å²) in [6, 6.07) is 9.27. The molecule has 1 aromatic heterocycles. The zero-order chi connectivity index (χ0) is 16.9. The van der Waals surface area contributed by atoms with Gasteiger partial charge < -0.3 is 14.6 Å². The number of carbonyl (C=O) groups is 2. The van der Waals surface area contributed by atoms with Gasteiger partial charge in [0.05, 0.1) is 11.3 Å². The van der Waals surface area contributed by atoms with Crippen molar-refractivity contribution in [2.45, 2.75) is 36.5 Å². The Morgan fingerprint density at radius 3 is 2.88 bits per heavy atom. The molecule has 0 saturated heterocycles. The maximum absolute atomic E-state index is 12.2. The number of aryl methyl sites for hydroxylation is 1. The quantitative estimate of drug-likeness (QED) is 0.613. The number of nitrogens with zero attached hydrogens (tertiary/aromatic N) is 1. The summed E-state index contributed by atoms with van der Waals surface area (Å²) in [5.74, 6) is 0.582. The number of ether oxygens (including phenoxy) is 1. The van der Waals surface area contributed by atoms with Gasteiger partial charge in [0.2, 0.25) is 0 Å². The molecule has 126 valence electrons. The van der Waals surface area contributed by atoms with Crippen LogP contribution in [0.4, 0.5) is 0 Å². The van der Waals surface area contributed by atoms with E-state index in [1.54, 1.807) is 12.1 Å². The highest BCUT2D eigenvalue weighted by molar-refractivity contribution is 7.98. The fourth-order valence-electron chi connectivity index (χ4n) is 2.10. The molecule has 6 nitrogen and oxygen atoms in total. The van der Waals surface area contributed by atoms with Crippen molar-refractivity contribution in [3.63, 3.8) is 0 Å². The van der Waals surface area contributed by atoms with Crippen LogP contribution in [0.25, 0.3) is 0 Å². The number of aromatic nitrogens is 1. The maximum atomic E-state index is 12.2. The minimum absolute atomic E-state index is 0.253. The predicted molar refractivity (Wildman–Crippen MR) is 88.7 cm³/mol. The molecule has 1 aromatic carbocycles. The first-order valence-electron chi connectivity index (χ1n) is 7.72. The van der Waals surface area contributed by atoms with E-state index in [0.717, 1.165) is 29.2 Å². The standard InChI is InChI=1S/C17H18N2O4S/c1-11-8-13(19-23-11)10-24-15-5-3-2-4-14(15)17(21)22-9-16(20)18-12-6-7-12/h2-5,8,12H,6-7,9-10H2,1H3,(H,18,20). The van der Waals surface area contributed by atoms with Crippen LogP contribution in [0.5, 0.6) is 0 Å². The Morgan fingerprint density at radius 2 is 2.17 bits per heavy atom. The summed E-state index contributed by atoms with van der Waals surface area (Å²) in [4.78, 5) is 24.6. The molecule has 1 fully saturated rings. The number of esters is 1. The van der Waals surface area contributed by atoms with Crippen molar-refractivity contribution in [2.75, 3.05) is 6.61 Å². The smallest absolute Gasteiger partial charge is 0.339 e. The molecule has 0 aliphatic heterocycles. The molecule has 1 amide bonds. The summed E-state index contributed by atoms with van der Waals surface area (Å²) in [5.41, 5.74) is 1.26. The Balaban J connectivity index is 1.57. The van der Waals surface area contributed by atoms with Crippen LogP contribution in [-0.2, 0) is 15.3 Å². The van der Waals surface area contributed by atoms with E-state index in [0.29, 0.717) is 11.3 Å². The van der Waals surface area contributed by atoms with Crippen LogP contribution >= 0.6 is 11.8 Å². The van der Waals surface area contributed by atoms with Gasteiger partial charge in [-0.25, -0.2) is 4.79 Å². The zero-order valence-electron chi connectivity index (χ0n) is 13.3. The lowest BCUT2D eigenvalue weighted by Crippen LogP contribution is -2.30. The van der Waals surface area contributed by atoms with E-state index >= 15 is 0 Å². The molecular weight excluding hydrogens is 328 g/mol. The molecule has 24 heavy (non-hydrogen) atoms. The van der Waals surface area contributed by atoms with Crippen LogP contribution in [-0.4, -0.2) is 29.7 Å². The normalized spacial score (nSPS) is 13.5. The number of carbonyl (C=O) groups excluding carboxylic acids is 2. The molecule has 3 rings (SSSR count). The highest BCUT2D eigenvalue weighted by atomic mass is 32.2. The third-order valence-electron chi connectivity index (χ3n) is 3.44. The van der Waals surface area contributed by atoms with E-state index in [9.17, 15) is 9.59 Å². The van der Waals surface area contributed by atoms with Crippen LogP contribution < -0.4 is 5.32 Å². The Labute approximate surface area is 143 Å². The van der Waals surface area contributed by atoms with Gasteiger partial charge in [-0.2, -0.15) is 0 Å². The van der Waals surface area contributed by atoms with E-state index in [1.807, 2.05) is 25.1 Å². The average Bonchev–Trinajstić information content (AvgIpc) is 3.29. The summed E-state index contributed by atoms with van der Waals surface area (Å²) in [5, 5.41) is 6.72. The first-order valence-corrected chi connectivity index (χ1v) is 8.71. The summed E-state index contributed by atoms with van der Waals surface area (Å²) >= 11 is 1.47. The number of amides is 1. The van der Waals surface area contributed by atoms with Gasteiger partial charge in [0.15, 0.2) is 6.61 Å². The number of nitrogens with one attached hydrogen (secondary N) is 1. The Bertz CT molecular complexity index is 740. The molecule has 1 saturated carbocycles. The number of benzene rings is 1. The van der Waals surface area contributed by atoms with Crippen molar-refractivity contribution in [2.24, 2.45) is 0 Å². The Morgan fingerprint density at radius 1 is 1.38 bits per heavy atom. The molecule has 7 heteroatoms. The van der Waals surface area contributed by atoms with Crippen molar-refractivity contribution in [3.05, 3.63) is 47.3 Å². The lowest BCUT2D eigenvalue weighted by atomic mass is 10.2. The minimum atomic E-state index is -0.500. The largest absolute Gasteiger partial charge is 0.452 e. The summed E-state index contributed by atoms with van der Waals surface area (Å²) < 4.78 is 10.1. The fourth-order valence-corrected chi connectivity index (χ4v) is 3.03. The van der Waals surface area contributed by atoms with Gasteiger partial charge in [-0.05, 0) is 31.9 Å². The number of rotatable bonds is 7. The minimum Gasteiger partial charge on any atom is -0.452 e. The molecular formula is C17H18N2O4S. The first-order chi connectivity index (χ1) is 11.6. The summed E-state index contributed by atoms with van der Waals surface area (Å²) in [6.45, 7) is 1.58. The Kier molecular flexibility index (Phi) is 5.20. The van der Waals surface area contributed by atoms with Crippen LogP contribution in [0.2, 0.25) is 0 Å². The number of thioether (sulfide) groups is 1. The van der Waals surface area contributed by atoms with Gasteiger partial charge in [0, 0.05) is 22.8 Å². The van der Waals surface area contributed by atoms with Gasteiger partial charge in [-0.3, -0.25) is 4.79 Å². The predicted octanol–water partition coefficient (Wildman–Crippen LogP) is 2.71. The highest BCUT2D eigenvalue weighted by Crippen LogP contribution is 2.26. The van der Waals surface area contributed by atoms with Gasteiger partial charge in [-0.1, -0.05) is 17.3 Å². The van der Waals surface area contributed by atoms with Gasteiger partial charge in [-0.15, -0.1) is 11.8 Å². The van der Waals surface area contributed by atoms with E-state index in [2.05, 4.69) is 10.5 Å². The Hall–Kier alpha value is -2.28. The topological polar surface area (TPSA) is 81.4 Å². The first kappa shape index (κ1) is 16.6. The zero-order valence-corrected chi connectivity index (χ0v) is 14.1. The van der Waals surface area contributed by atoms with Gasteiger partial charge in [0.1, 0.15) is 5.76 Å². The molecule has 0 radical (unpaired) electrons. The highest BCUT2D eigenvalue weighted by Gasteiger charge is 2.24. The lowest BCUT2D eigenvalue weighted by molar-refractivity contribution is -0.124. The van der Waals surface area contributed by atoms with Crippen LogP contribution in [0.3, 0.4) is 0 Å². The van der Waals surface area contributed by atoms with E-state index in [4.69, 9.17) is 9.26 Å². The molecule has 0 bridgehead atoms. The third kappa shape index (κ3) is 4.61. The van der Waals surface area contributed by atoms with Gasteiger partial charge in [0.25, 0.3) is 5.91 Å². The molecule has 0 atom stereocenters. The maximum Gasteiger partial charge on any atom is 0.339 e. The van der Waals surface area contributed by atoms with Gasteiger partial charge >= 0.3 is 5.97 Å². The summed E-state index contributed by atoms with van der Waals surface area (Å²) in [6.07, 6.45) is 2.00. The van der Waals surface area contributed by atoms with Crippen molar-refractivity contribution in [3.8, 4) is 0 Å². The molecule has 1 aliphatic rings. The monoisotopic (exact) mass is 346 g/mol. The second kappa shape index (κ2) is 7.53. The molecule has 1 heterocycles.